The average Bonchev–Trinajstić information content (AvgIpc) is 3.22. The highest BCUT2D eigenvalue weighted by molar-refractivity contribution is 9.10. The molecule has 1 aromatic carbocycles. The van der Waals surface area contributed by atoms with Gasteiger partial charge in [0.15, 0.2) is 0 Å². The van der Waals surface area contributed by atoms with E-state index in [9.17, 15) is 4.79 Å². The van der Waals surface area contributed by atoms with Gasteiger partial charge < -0.3 is 15.0 Å². The standard InChI is InChI=1S/C20H26BrN3O2/c1-19(2,3)26-18(25)23-13-20(10-4-5-11-20)17-22-12-16(24-17)14-6-8-15(21)9-7-14/h6-9,12H,4-5,10-11,13H2,1-3H3,(H,22,24)(H,23,25). The lowest BCUT2D eigenvalue weighted by molar-refractivity contribution is 0.0513. The van der Waals surface area contributed by atoms with Gasteiger partial charge in [0.25, 0.3) is 0 Å². The zero-order chi connectivity index (χ0) is 18.8. The highest BCUT2D eigenvalue weighted by Crippen LogP contribution is 2.40. The molecule has 0 atom stereocenters. The number of rotatable bonds is 4. The summed E-state index contributed by atoms with van der Waals surface area (Å²) in [5, 5.41) is 2.95. The molecule has 6 heteroatoms. The fourth-order valence-corrected chi connectivity index (χ4v) is 3.74. The van der Waals surface area contributed by atoms with Crippen LogP contribution in [0.5, 0.6) is 0 Å². The first-order chi connectivity index (χ1) is 12.3. The summed E-state index contributed by atoms with van der Waals surface area (Å²) in [4.78, 5) is 20.2. The third kappa shape index (κ3) is 4.47. The number of carbonyl (C=O) groups is 1. The van der Waals surface area contributed by atoms with Crippen molar-refractivity contribution < 1.29 is 9.53 Å². The van der Waals surface area contributed by atoms with Gasteiger partial charge in [0.05, 0.1) is 11.9 Å². The Labute approximate surface area is 163 Å². The molecule has 1 saturated carbocycles. The lowest BCUT2D eigenvalue weighted by Gasteiger charge is -2.28. The van der Waals surface area contributed by atoms with Gasteiger partial charge in [-0.15, -0.1) is 0 Å². The van der Waals surface area contributed by atoms with Gasteiger partial charge in [-0.1, -0.05) is 40.9 Å². The van der Waals surface area contributed by atoms with E-state index in [0.717, 1.165) is 47.2 Å². The first kappa shape index (κ1) is 19.0. The van der Waals surface area contributed by atoms with Crippen molar-refractivity contribution in [3.63, 3.8) is 0 Å². The van der Waals surface area contributed by atoms with E-state index >= 15 is 0 Å². The van der Waals surface area contributed by atoms with Crippen LogP contribution in [0.15, 0.2) is 34.9 Å². The molecule has 2 N–H and O–H groups in total. The number of aromatic nitrogens is 2. The molecule has 2 aromatic rings. The maximum absolute atomic E-state index is 12.1. The topological polar surface area (TPSA) is 67.0 Å². The van der Waals surface area contributed by atoms with E-state index in [4.69, 9.17) is 4.74 Å². The monoisotopic (exact) mass is 419 g/mol. The number of aromatic amines is 1. The van der Waals surface area contributed by atoms with Crippen LogP contribution in [-0.4, -0.2) is 28.2 Å². The van der Waals surface area contributed by atoms with Gasteiger partial charge in [0.2, 0.25) is 0 Å². The number of ether oxygens (including phenoxy) is 1. The van der Waals surface area contributed by atoms with Gasteiger partial charge in [-0.3, -0.25) is 0 Å². The van der Waals surface area contributed by atoms with E-state index in [1.807, 2.05) is 39.1 Å². The summed E-state index contributed by atoms with van der Waals surface area (Å²) in [6, 6.07) is 8.15. The second-order valence-electron chi connectivity index (χ2n) is 8.00. The Morgan fingerprint density at radius 2 is 1.92 bits per heavy atom. The van der Waals surface area contributed by atoms with E-state index in [1.165, 1.54) is 0 Å². The molecule has 5 nitrogen and oxygen atoms in total. The number of alkyl carbamates (subject to hydrolysis) is 1. The molecule has 1 aromatic heterocycles. The Kier molecular flexibility index (Phi) is 5.42. The lowest BCUT2D eigenvalue weighted by Crippen LogP contribution is -2.42. The molecule has 1 aliphatic carbocycles. The number of hydrogen-bond donors (Lipinski definition) is 2. The lowest BCUT2D eigenvalue weighted by atomic mass is 9.85. The predicted molar refractivity (Wildman–Crippen MR) is 106 cm³/mol. The molecule has 0 radical (unpaired) electrons. The van der Waals surface area contributed by atoms with Gasteiger partial charge >= 0.3 is 6.09 Å². The van der Waals surface area contributed by atoms with Gasteiger partial charge in [-0.2, -0.15) is 0 Å². The van der Waals surface area contributed by atoms with E-state index < -0.39 is 5.60 Å². The average molecular weight is 420 g/mol. The maximum atomic E-state index is 12.1. The van der Waals surface area contributed by atoms with Crippen molar-refractivity contribution in [3.8, 4) is 11.3 Å². The minimum atomic E-state index is -0.494. The van der Waals surface area contributed by atoms with E-state index in [1.54, 1.807) is 0 Å². The van der Waals surface area contributed by atoms with Crippen molar-refractivity contribution in [3.05, 3.63) is 40.8 Å². The second kappa shape index (κ2) is 7.43. The quantitative estimate of drug-likeness (QED) is 0.717. The molecular formula is C20H26BrN3O2. The largest absolute Gasteiger partial charge is 0.444 e. The summed E-state index contributed by atoms with van der Waals surface area (Å²) < 4.78 is 6.43. The minimum Gasteiger partial charge on any atom is -0.444 e. The number of H-pyrrole nitrogens is 1. The molecular weight excluding hydrogens is 394 g/mol. The molecule has 140 valence electrons. The number of imidazole rings is 1. The molecule has 1 fully saturated rings. The van der Waals surface area contributed by atoms with Crippen molar-refractivity contribution in [1.82, 2.24) is 15.3 Å². The van der Waals surface area contributed by atoms with Crippen LogP contribution < -0.4 is 5.32 Å². The molecule has 0 aliphatic heterocycles. The summed E-state index contributed by atoms with van der Waals surface area (Å²) in [6.07, 6.45) is 5.82. The maximum Gasteiger partial charge on any atom is 0.407 e. The third-order valence-electron chi connectivity index (χ3n) is 4.76. The van der Waals surface area contributed by atoms with Gasteiger partial charge in [0.1, 0.15) is 11.4 Å². The van der Waals surface area contributed by atoms with Crippen LogP contribution >= 0.6 is 15.9 Å². The normalized spacial score (nSPS) is 16.5. The number of nitrogens with one attached hydrogen (secondary N) is 2. The van der Waals surface area contributed by atoms with Crippen LogP contribution in [0.2, 0.25) is 0 Å². The molecule has 0 saturated heterocycles. The molecule has 0 bridgehead atoms. The minimum absolute atomic E-state index is 0.148. The van der Waals surface area contributed by atoms with Crippen LogP contribution in [0.25, 0.3) is 11.3 Å². The summed E-state index contributed by atoms with van der Waals surface area (Å²) in [6.45, 7) is 6.15. The number of halogens is 1. The molecule has 1 amide bonds. The van der Waals surface area contributed by atoms with Crippen LogP contribution in [0.4, 0.5) is 4.79 Å². The SMILES string of the molecule is CC(C)(C)OC(=O)NCC1(c2ncc(-c3ccc(Br)cc3)[nH]2)CCCC1. The fraction of sp³-hybridized carbons (Fsp3) is 0.500. The highest BCUT2D eigenvalue weighted by Gasteiger charge is 2.39. The van der Waals surface area contributed by atoms with Crippen LogP contribution in [0.3, 0.4) is 0 Å². The van der Waals surface area contributed by atoms with Crippen molar-refractivity contribution in [1.29, 1.82) is 0 Å². The van der Waals surface area contributed by atoms with Crippen molar-refractivity contribution in [2.45, 2.75) is 57.5 Å². The Morgan fingerprint density at radius 3 is 2.54 bits per heavy atom. The highest BCUT2D eigenvalue weighted by atomic mass is 79.9. The number of carbonyl (C=O) groups excluding carboxylic acids is 1. The van der Waals surface area contributed by atoms with Crippen molar-refractivity contribution in [2.75, 3.05) is 6.54 Å². The fourth-order valence-electron chi connectivity index (χ4n) is 3.47. The Bertz CT molecular complexity index is 756. The summed E-state index contributed by atoms with van der Waals surface area (Å²) in [5.74, 6) is 0.948. The first-order valence-electron chi connectivity index (χ1n) is 9.06. The molecule has 26 heavy (non-hydrogen) atoms. The van der Waals surface area contributed by atoms with E-state index in [0.29, 0.717) is 6.54 Å². The summed E-state index contributed by atoms with van der Waals surface area (Å²) in [5.41, 5.74) is 1.45. The van der Waals surface area contributed by atoms with E-state index in [-0.39, 0.29) is 11.5 Å². The number of nitrogens with zero attached hydrogens (tertiary/aromatic N) is 1. The van der Waals surface area contributed by atoms with Gasteiger partial charge in [0, 0.05) is 16.4 Å². The van der Waals surface area contributed by atoms with E-state index in [2.05, 4.69) is 43.3 Å². The smallest absolute Gasteiger partial charge is 0.407 e. The Morgan fingerprint density at radius 1 is 1.27 bits per heavy atom. The van der Waals surface area contributed by atoms with Gasteiger partial charge in [-0.05, 0) is 51.3 Å². The molecule has 0 spiro atoms. The second-order valence-corrected chi connectivity index (χ2v) is 8.91. The zero-order valence-corrected chi connectivity index (χ0v) is 17.1. The third-order valence-corrected chi connectivity index (χ3v) is 5.29. The Hall–Kier alpha value is -1.82. The molecule has 0 unspecified atom stereocenters. The molecule has 1 aliphatic rings. The summed E-state index contributed by atoms with van der Waals surface area (Å²) in [7, 11) is 0. The van der Waals surface area contributed by atoms with Crippen LogP contribution in [0, 0.1) is 0 Å². The predicted octanol–water partition coefficient (Wildman–Crippen LogP) is 5.18. The van der Waals surface area contributed by atoms with Crippen LogP contribution in [-0.2, 0) is 10.2 Å². The zero-order valence-electron chi connectivity index (χ0n) is 15.6. The number of hydrogen-bond acceptors (Lipinski definition) is 3. The number of amides is 1. The van der Waals surface area contributed by atoms with Gasteiger partial charge in [-0.25, -0.2) is 9.78 Å². The molecule has 3 rings (SSSR count). The first-order valence-corrected chi connectivity index (χ1v) is 9.85. The van der Waals surface area contributed by atoms with Crippen molar-refractivity contribution in [2.24, 2.45) is 0 Å². The Balaban J connectivity index is 1.75. The van der Waals surface area contributed by atoms with Crippen LogP contribution in [0.1, 0.15) is 52.3 Å². The summed E-state index contributed by atoms with van der Waals surface area (Å²) >= 11 is 3.46. The van der Waals surface area contributed by atoms with Crippen molar-refractivity contribution >= 4 is 22.0 Å². The number of benzene rings is 1. The molecule has 1 heterocycles.